The van der Waals surface area contributed by atoms with Crippen LogP contribution >= 0.6 is 11.3 Å². The van der Waals surface area contributed by atoms with Crippen molar-refractivity contribution in [2.75, 3.05) is 19.1 Å². The van der Waals surface area contributed by atoms with Crippen LogP contribution in [-0.4, -0.2) is 24.4 Å². The highest BCUT2D eigenvalue weighted by Gasteiger charge is 2.06. The second kappa shape index (κ2) is 9.08. The van der Waals surface area contributed by atoms with Crippen molar-refractivity contribution in [3.05, 3.63) is 71.6 Å². The molecule has 0 spiro atoms. The van der Waals surface area contributed by atoms with E-state index in [9.17, 15) is 0 Å². The van der Waals surface area contributed by atoms with Crippen LogP contribution in [-0.2, 0) is 16.2 Å². The van der Waals surface area contributed by atoms with Crippen molar-refractivity contribution in [1.82, 2.24) is 4.98 Å². The zero-order chi connectivity index (χ0) is 17.3. The van der Waals surface area contributed by atoms with Gasteiger partial charge in [0.1, 0.15) is 6.61 Å². The van der Waals surface area contributed by atoms with Crippen molar-refractivity contribution >= 4 is 22.2 Å². The molecule has 2 aromatic carbocycles. The van der Waals surface area contributed by atoms with Crippen LogP contribution in [0.2, 0.25) is 0 Å². The number of aromatic nitrogens is 1. The lowest BCUT2D eigenvalue weighted by Crippen LogP contribution is -2.14. The molecule has 0 amide bonds. The maximum Gasteiger partial charge on any atom is 0.203 e. The summed E-state index contributed by atoms with van der Waals surface area (Å²) in [6.07, 6.45) is 0.675. The summed E-state index contributed by atoms with van der Waals surface area (Å²) < 4.78 is 0. The molecule has 0 bridgehead atoms. The second-order valence-corrected chi connectivity index (χ2v) is 6.14. The lowest BCUT2D eigenvalue weighted by atomic mass is 10.1. The SMILES string of the molecule is COOC/C(Cc1ccccc1)=N/Nc1nc(-c2ccccc2)cs1. The maximum atomic E-state index is 5.04. The van der Waals surface area contributed by atoms with Crippen LogP contribution in [0.3, 0.4) is 0 Å². The summed E-state index contributed by atoms with van der Waals surface area (Å²) >= 11 is 1.52. The van der Waals surface area contributed by atoms with Gasteiger partial charge < -0.3 is 0 Å². The van der Waals surface area contributed by atoms with Crippen molar-refractivity contribution in [3.63, 3.8) is 0 Å². The van der Waals surface area contributed by atoms with Gasteiger partial charge in [-0.2, -0.15) is 5.10 Å². The number of rotatable bonds is 8. The predicted octanol–water partition coefficient (Wildman–Crippen LogP) is 4.40. The molecule has 25 heavy (non-hydrogen) atoms. The molecule has 0 saturated heterocycles. The third-order valence-electron chi connectivity index (χ3n) is 3.48. The van der Waals surface area contributed by atoms with Crippen LogP contribution in [0.5, 0.6) is 0 Å². The van der Waals surface area contributed by atoms with Gasteiger partial charge in [-0.1, -0.05) is 60.7 Å². The van der Waals surface area contributed by atoms with Crippen molar-refractivity contribution < 1.29 is 9.78 Å². The molecule has 0 atom stereocenters. The minimum absolute atomic E-state index is 0.287. The smallest absolute Gasteiger partial charge is 0.203 e. The fourth-order valence-electron chi connectivity index (χ4n) is 2.27. The maximum absolute atomic E-state index is 5.04. The normalized spacial score (nSPS) is 11.5. The van der Waals surface area contributed by atoms with Gasteiger partial charge in [-0.3, -0.25) is 5.43 Å². The molecule has 0 radical (unpaired) electrons. The summed E-state index contributed by atoms with van der Waals surface area (Å²) in [5.74, 6) is 0. The Morgan fingerprint density at radius 2 is 1.80 bits per heavy atom. The number of anilines is 1. The minimum atomic E-state index is 0.287. The highest BCUT2D eigenvalue weighted by atomic mass is 32.1. The average Bonchev–Trinajstić information content (AvgIpc) is 3.14. The Balaban J connectivity index is 1.69. The third kappa shape index (κ3) is 5.22. The summed E-state index contributed by atoms with van der Waals surface area (Å²) in [6.45, 7) is 0.287. The monoisotopic (exact) mass is 353 g/mol. The summed E-state index contributed by atoms with van der Waals surface area (Å²) in [7, 11) is 1.49. The Morgan fingerprint density at radius 1 is 1.08 bits per heavy atom. The highest BCUT2D eigenvalue weighted by Crippen LogP contribution is 2.24. The van der Waals surface area contributed by atoms with E-state index in [1.54, 1.807) is 0 Å². The molecule has 5 nitrogen and oxygen atoms in total. The molecule has 3 rings (SSSR count). The minimum Gasteiger partial charge on any atom is -0.253 e. The van der Waals surface area contributed by atoms with Crippen LogP contribution in [0.15, 0.2) is 71.1 Å². The van der Waals surface area contributed by atoms with Gasteiger partial charge in [0.15, 0.2) is 0 Å². The van der Waals surface area contributed by atoms with E-state index in [0.29, 0.717) is 6.42 Å². The van der Waals surface area contributed by atoms with Crippen LogP contribution in [0, 0.1) is 0 Å². The average molecular weight is 353 g/mol. The molecule has 1 heterocycles. The van der Waals surface area contributed by atoms with Crippen molar-refractivity contribution in [2.45, 2.75) is 6.42 Å². The van der Waals surface area contributed by atoms with E-state index in [1.807, 2.05) is 53.9 Å². The molecular weight excluding hydrogens is 334 g/mol. The predicted molar refractivity (Wildman–Crippen MR) is 102 cm³/mol. The molecular formula is C19H19N3O2S. The van der Waals surface area contributed by atoms with E-state index >= 15 is 0 Å². The second-order valence-electron chi connectivity index (χ2n) is 5.28. The molecule has 1 N–H and O–H groups in total. The number of hydrogen-bond donors (Lipinski definition) is 1. The van der Waals surface area contributed by atoms with E-state index in [-0.39, 0.29) is 6.61 Å². The van der Waals surface area contributed by atoms with Gasteiger partial charge in [0.2, 0.25) is 5.13 Å². The van der Waals surface area contributed by atoms with E-state index in [4.69, 9.17) is 9.78 Å². The zero-order valence-electron chi connectivity index (χ0n) is 13.9. The lowest BCUT2D eigenvalue weighted by Gasteiger charge is -2.06. The first-order valence-corrected chi connectivity index (χ1v) is 8.75. The van der Waals surface area contributed by atoms with Gasteiger partial charge in [-0.25, -0.2) is 14.8 Å². The summed E-state index contributed by atoms with van der Waals surface area (Å²) in [4.78, 5) is 14.3. The lowest BCUT2D eigenvalue weighted by molar-refractivity contribution is -0.259. The van der Waals surface area contributed by atoms with Crippen molar-refractivity contribution in [3.8, 4) is 11.3 Å². The Morgan fingerprint density at radius 3 is 2.52 bits per heavy atom. The number of nitrogens with zero attached hydrogens (tertiary/aromatic N) is 2. The first-order chi connectivity index (χ1) is 12.3. The Hall–Kier alpha value is -2.54. The topological polar surface area (TPSA) is 55.7 Å². The number of benzene rings is 2. The van der Waals surface area contributed by atoms with Crippen LogP contribution in [0.25, 0.3) is 11.3 Å². The van der Waals surface area contributed by atoms with Gasteiger partial charge in [-0.05, 0) is 5.56 Å². The standard InChI is InChI=1S/C19H19N3O2S/c1-23-24-13-17(12-15-8-4-2-5-9-15)21-22-19-20-18(14-25-19)16-10-6-3-7-11-16/h2-11,14H,12-13H2,1H3,(H,20,22)/b21-17+. The van der Waals surface area contributed by atoms with E-state index in [0.717, 1.165) is 27.7 Å². The molecule has 0 saturated carbocycles. The summed E-state index contributed by atoms with van der Waals surface area (Å²) in [5, 5.41) is 7.19. The molecule has 6 heteroatoms. The molecule has 0 aliphatic rings. The van der Waals surface area contributed by atoms with Gasteiger partial charge in [-0.15, -0.1) is 11.3 Å². The number of hydrazone groups is 1. The number of nitrogens with one attached hydrogen (secondary N) is 1. The van der Waals surface area contributed by atoms with E-state index in [2.05, 4.69) is 27.6 Å². The first-order valence-electron chi connectivity index (χ1n) is 7.87. The fraction of sp³-hybridized carbons (Fsp3) is 0.158. The van der Waals surface area contributed by atoms with Crippen LogP contribution in [0.4, 0.5) is 5.13 Å². The molecule has 0 fully saturated rings. The van der Waals surface area contributed by atoms with Gasteiger partial charge in [0, 0.05) is 17.4 Å². The summed E-state index contributed by atoms with van der Waals surface area (Å²) in [6, 6.07) is 20.2. The van der Waals surface area contributed by atoms with Gasteiger partial charge >= 0.3 is 0 Å². The molecule has 3 aromatic rings. The molecule has 1 aromatic heterocycles. The highest BCUT2D eigenvalue weighted by molar-refractivity contribution is 7.14. The molecule has 0 unspecified atom stereocenters. The van der Waals surface area contributed by atoms with Gasteiger partial charge in [0.05, 0.1) is 18.5 Å². The van der Waals surface area contributed by atoms with Crippen LogP contribution in [0.1, 0.15) is 5.56 Å². The molecule has 128 valence electrons. The van der Waals surface area contributed by atoms with Crippen molar-refractivity contribution in [2.24, 2.45) is 5.10 Å². The zero-order valence-corrected chi connectivity index (χ0v) is 14.7. The quantitative estimate of drug-likeness (QED) is 0.370. The summed E-state index contributed by atoms with van der Waals surface area (Å²) in [5.41, 5.74) is 7.02. The largest absolute Gasteiger partial charge is 0.253 e. The van der Waals surface area contributed by atoms with Crippen molar-refractivity contribution in [1.29, 1.82) is 0 Å². The van der Waals surface area contributed by atoms with Crippen LogP contribution < -0.4 is 5.43 Å². The first kappa shape index (κ1) is 17.3. The fourth-order valence-corrected chi connectivity index (χ4v) is 2.94. The number of thiazole rings is 1. The molecule has 0 aliphatic heterocycles. The van der Waals surface area contributed by atoms with E-state index in [1.165, 1.54) is 18.4 Å². The van der Waals surface area contributed by atoms with E-state index < -0.39 is 0 Å². The number of hydrogen-bond acceptors (Lipinski definition) is 6. The molecule has 0 aliphatic carbocycles. The third-order valence-corrected chi connectivity index (χ3v) is 4.22. The van der Waals surface area contributed by atoms with Gasteiger partial charge in [0.25, 0.3) is 0 Å². The Kier molecular flexibility index (Phi) is 6.28. The Labute approximate surface area is 150 Å². The Bertz CT molecular complexity index is 804.